The van der Waals surface area contributed by atoms with Crippen molar-refractivity contribution in [2.75, 3.05) is 5.32 Å². The van der Waals surface area contributed by atoms with Crippen LogP contribution in [0.5, 0.6) is 0 Å². The van der Waals surface area contributed by atoms with E-state index in [1.807, 2.05) is 0 Å². The van der Waals surface area contributed by atoms with Crippen LogP contribution < -0.4 is 5.32 Å². The fraction of sp³-hybridized carbons (Fsp3) is 0.143. The number of hydrogen-bond donors (Lipinski definition) is 1. The predicted octanol–water partition coefficient (Wildman–Crippen LogP) is 4.31. The van der Waals surface area contributed by atoms with Gasteiger partial charge in [-0.25, -0.2) is 4.98 Å². The highest BCUT2D eigenvalue weighted by Crippen LogP contribution is 2.29. The number of hydrogen-bond acceptors (Lipinski definition) is 2. The van der Waals surface area contributed by atoms with E-state index in [1.54, 1.807) is 13.0 Å². The maximum Gasteiger partial charge on any atom is 0.416 e. The summed E-state index contributed by atoms with van der Waals surface area (Å²) >= 11 is 5.80. The van der Waals surface area contributed by atoms with Gasteiger partial charge in [-0.3, -0.25) is 4.79 Å². The first kappa shape index (κ1) is 15.3. The first-order valence-corrected chi connectivity index (χ1v) is 6.27. The molecule has 1 N–H and O–H groups in total. The van der Waals surface area contributed by atoms with Gasteiger partial charge in [0, 0.05) is 5.56 Å². The van der Waals surface area contributed by atoms with Crippen molar-refractivity contribution in [3.63, 3.8) is 0 Å². The number of nitrogens with one attached hydrogen (secondary N) is 1. The lowest BCUT2D eigenvalue weighted by Crippen LogP contribution is -2.15. The van der Waals surface area contributed by atoms with Gasteiger partial charge in [0.15, 0.2) is 0 Å². The molecule has 1 aromatic heterocycles. The van der Waals surface area contributed by atoms with Crippen LogP contribution in [-0.4, -0.2) is 10.9 Å². The van der Waals surface area contributed by atoms with E-state index in [2.05, 4.69) is 10.3 Å². The van der Waals surface area contributed by atoms with E-state index < -0.39 is 17.6 Å². The molecule has 3 nitrogen and oxygen atoms in total. The largest absolute Gasteiger partial charge is 0.416 e. The maximum absolute atomic E-state index is 12.6. The van der Waals surface area contributed by atoms with Gasteiger partial charge in [-0.05, 0) is 37.3 Å². The molecular formula is C14H10ClF3N2O. The van der Waals surface area contributed by atoms with Crippen LogP contribution in [0.15, 0.2) is 36.4 Å². The third kappa shape index (κ3) is 3.72. The fourth-order valence-corrected chi connectivity index (χ4v) is 1.74. The van der Waals surface area contributed by atoms with Crippen LogP contribution in [0.4, 0.5) is 19.0 Å². The Morgan fingerprint density at radius 1 is 1.24 bits per heavy atom. The second-order valence-corrected chi connectivity index (χ2v) is 4.70. The van der Waals surface area contributed by atoms with Gasteiger partial charge in [-0.1, -0.05) is 17.7 Å². The van der Waals surface area contributed by atoms with Gasteiger partial charge in [-0.15, -0.1) is 0 Å². The van der Waals surface area contributed by atoms with Gasteiger partial charge in [0.2, 0.25) is 0 Å². The lowest BCUT2D eigenvalue weighted by Gasteiger charge is -2.09. The molecular weight excluding hydrogens is 305 g/mol. The molecule has 2 aromatic rings. The molecule has 0 fully saturated rings. The second-order valence-electron chi connectivity index (χ2n) is 4.30. The molecule has 2 rings (SSSR count). The number of nitrogens with zero attached hydrogens (tertiary/aromatic N) is 1. The van der Waals surface area contributed by atoms with Crippen molar-refractivity contribution < 1.29 is 18.0 Å². The van der Waals surface area contributed by atoms with Gasteiger partial charge < -0.3 is 5.32 Å². The first-order valence-electron chi connectivity index (χ1n) is 5.89. The zero-order valence-corrected chi connectivity index (χ0v) is 11.6. The summed E-state index contributed by atoms with van der Waals surface area (Å²) in [7, 11) is 0. The van der Waals surface area contributed by atoms with E-state index in [-0.39, 0.29) is 11.4 Å². The van der Waals surface area contributed by atoms with Crippen LogP contribution in [0, 0.1) is 6.92 Å². The minimum atomic E-state index is -4.49. The topological polar surface area (TPSA) is 42.0 Å². The Morgan fingerprint density at radius 2 is 1.95 bits per heavy atom. The smallest absolute Gasteiger partial charge is 0.307 e. The number of carbonyl (C=O) groups is 1. The van der Waals surface area contributed by atoms with Crippen LogP contribution in [-0.2, 0) is 6.18 Å². The average molecular weight is 315 g/mol. The lowest BCUT2D eigenvalue weighted by atomic mass is 10.1. The molecule has 1 aromatic carbocycles. The summed E-state index contributed by atoms with van der Waals surface area (Å²) in [6.45, 7) is 1.66. The molecule has 0 saturated heterocycles. The van der Waals surface area contributed by atoms with Gasteiger partial charge in [0.25, 0.3) is 5.91 Å². The predicted molar refractivity (Wildman–Crippen MR) is 73.4 cm³/mol. The standard InChI is InChI=1S/C14H10ClF3N2O/c1-8-11(15)5-6-12(19-8)20-13(21)9-3-2-4-10(7-9)14(16,17)18/h2-7H,1H3,(H,19,20,21). The Labute approximate surface area is 123 Å². The van der Waals surface area contributed by atoms with Crippen LogP contribution >= 0.6 is 11.6 Å². The summed E-state index contributed by atoms with van der Waals surface area (Å²) in [6, 6.07) is 7.19. The van der Waals surface area contributed by atoms with E-state index in [0.717, 1.165) is 12.1 Å². The van der Waals surface area contributed by atoms with Crippen LogP contribution in [0.25, 0.3) is 0 Å². The Balaban J connectivity index is 2.22. The van der Waals surface area contributed by atoms with Crippen molar-refractivity contribution in [1.82, 2.24) is 4.98 Å². The van der Waals surface area contributed by atoms with Gasteiger partial charge >= 0.3 is 6.18 Å². The van der Waals surface area contributed by atoms with Crippen molar-refractivity contribution in [1.29, 1.82) is 0 Å². The van der Waals surface area contributed by atoms with E-state index in [0.29, 0.717) is 10.7 Å². The van der Waals surface area contributed by atoms with E-state index in [1.165, 1.54) is 18.2 Å². The zero-order chi connectivity index (χ0) is 15.6. The fourth-order valence-electron chi connectivity index (χ4n) is 1.64. The Bertz CT molecular complexity index is 686. The quantitative estimate of drug-likeness (QED) is 0.897. The summed E-state index contributed by atoms with van der Waals surface area (Å²) in [5.41, 5.74) is -0.465. The molecule has 7 heteroatoms. The number of halogens is 4. The number of benzene rings is 1. The highest BCUT2D eigenvalue weighted by molar-refractivity contribution is 6.31. The number of amides is 1. The van der Waals surface area contributed by atoms with Crippen molar-refractivity contribution in [3.8, 4) is 0 Å². The van der Waals surface area contributed by atoms with Crippen molar-refractivity contribution in [3.05, 3.63) is 58.2 Å². The molecule has 0 spiro atoms. The summed E-state index contributed by atoms with van der Waals surface area (Å²) in [5.74, 6) is -0.449. The molecule has 0 bridgehead atoms. The van der Waals surface area contributed by atoms with Crippen LogP contribution in [0.3, 0.4) is 0 Å². The summed E-state index contributed by atoms with van der Waals surface area (Å²) in [6.07, 6.45) is -4.49. The molecule has 1 amide bonds. The van der Waals surface area contributed by atoms with Crippen molar-refractivity contribution in [2.45, 2.75) is 13.1 Å². The number of alkyl halides is 3. The molecule has 0 aliphatic heterocycles. The molecule has 0 unspecified atom stereocenters. The number of pyridine rings is 1. The Morgan fingerprint density at radius 3 is 2.57 bits per heavy atom. The van der Waals surface area contributed by atoms with Gasteiger partial charge in [0.1, 0.15) is 5.82 Å². The van der Waals surface area contributed by atoms with Crippen molar-refractivity contribution in [2.24, 2.45) is 0 Å². The zero-order valence-electron chi connectivity index (χ0n) is 10.8. The molecule has 0 saturated carbocycles. The summed E-state index contributed by atoms with van der Waals surface area (Å²) < 4.78 is 37.8. The SMILES string of the molecule is Cc1nc(NC(=O)c2cccc(C(F)(F)F)c2)ccc1Cl. The maximum atomic E-state index is 12.6. The van der Waals surface area contributed by atoms with E-state index in [4.69, 9.17) is 11.6 Å². The summed E-state index contributed by atoms with van der Waals surface area (Å²) in [5, 5.41) is 2.87. The molecule has 0 aliphatic carbocycles. The third-order valence-electron chi connectivity index (χ3n) is 2.72. The first-order chi connectivity index (χ1) is 9.77. The minimum absolute atomic E-state index is 0.0979. The molecule has 0 radical (unpaired) electrons. The number of aromatic nitrogens is 1. The van der Waals surface area contributed by atoms with Crippen LogP contribution in [0.2, 0.25) is 5.02 Å². The molecule has 1 heterocycles. The highest BCUT2D eigenvalue weighted by atomic mass is 35.5. The number of rotatable bonds is 2. The van der Waals surface area contributed by atoms with E-state index in [9.17, 15) is 18.0 Å². The number of anilines is 1. The monoisotopic (exact) mass is 314 g/mol. The molecule has 0 aliphatic rings. The second kappa shape index (κ2) is 5.73. The van der Waals surface area contributed by atoms with Crippen LogP contribution in [0.1, 0.15) is 21.6 Å². The lowest BCUT2D eigenvalue weighted by molar-refractivity contribution is -0.137. The molecule has 0 atom stereocenters. The molecule has 21 heavy (non-hydrogen) atoms. The van der Waals surface area contributed by atoms with Gasteiger partial charge in [0.05, 0.1) is 16.3 Å². The average Bonchev–Trinajstić information content (AvgIpc) is 2.42. The van der Waals surface area contributed by atoms with Gasteiger partial charge in [-0.2, -0.15) is 13.2 Å². The Hall–Kier alpha value is -2.08. The van der Waals surface area contributed by atoms with Crippen molar-refractivity contribution >= 4 is 23.3 Å². The normalized spacial score (nSPS) is 11.3. The number of aryl methyl sites for hydroxylation is 1. The van der Waals surface area contributed by atoms with E-state index >= 15 is 0 Å². The minimum Gasteiger partial charge on any atom is -0.307 e. The molecule has 110 valence electrons. The highest BCUT2D eigenvalue weighted by Gasteiger charge is 2.30. The third-order valence-corrected chi connectivity index (χ3v) is 3.11. The Kier molecular flexibility index (Phi) is 4.18. The number of carbonyl (C=O) groups excluding carboxylic acids is 1. The summed E-state index contributed by atoms with van der Waals surface area (Å²) in [4.78, 5) is 16.0.